The predicted octanol–water partition coefficient (Wildman–Crippen LogP) is 3.67. The van der Waals surface area contributed by atoms with Crippen LogP contribution in [-0.4, -0.2) is 41.8 Å². The summed E-state index contributed by atoms with van der Waals surface area (Å²) in [7, 11) is 0. The van der Waals surface area contributed by atoms with Crippen LogP contribution in [0.2, 0.25) is 0 Å². The number of nitrogens with zero attached hydrogens (tertiary/aromatic N) is 1. The molecular weight excluding hydrogens is 409 g/mol. The number of carbonyl (C=O) groups excluding carboxylic acids is 2. The second-order valence-corrected chi connectivity index (χ2v) is 6.58. The van der Waals surface area contributed by atoms with Gasteiger partial charge in [0.15, 0.2) is 0 Å². The molecule has 0 radical (unpaired) electrons. The third-order valence-electron chi connectivity index (χ3n) is 4.67. The second-order valence-electron chi connectivity index (χ2n) is 6.58. The molecule has 1 fully saturated rings. The lowest BCUT2D eigenvalue weighted by molar-refractivity contribution is -0.163. The fourth-order valence-electron chi connectivity index (χ4n) is 3.33. The molecule has 0 aromatic heterocycles. The quantitative estimate of drug-likeness (QED) is 0.788. The van der Waals surface area contributed by atoms with Crippen molar-refractivity contribution in [2.75, 3.05) is 6.61 Å². The van der Waals surface area contributed by atoms with Crippen molar-refractivity contribution in [3.63, 3.8) is 0 Å². The van der Waals surface area contributed by atoms with E-state index in [1.54, 1.807) is 30.3 Å². The first kappa shape index (κ1) is 22.7. The molecule has 9 heteroatoms. The van der Waals surface area contributed by atoms with E-state index in [-0.39, 0.29) is 31.0 Å². The minimum absolute atomic E-state index is 0. The van der Waals surface area contributed by atoms with Crippen LogP contribution in [-0.2, 0) is 16.0 Å². The first-order valence-corrected chi connectivity index (χ1v) is 8.70. The van der Waals surface area contributed by atoms with Crippen molar-refractivity contribution in [2.45, 2.75) is 30.6 Å². The van der Waals surface area contributed by atoms with Crippen molar-refractivity contribution >= 4 is 24.4 Å². The average molecular weight is 429 g/mol. The SMILES string of the molecule is Cl.NC(C(=O)N1C(=O)OC[C@@H]1Cc1ccccc1)C(c1ccccc1)C(F)(F)F. The molecule has 2 amide bonds. The standard InChI is InChI=1S/C20H19F3N2O3.ClH/c21-20(22,23)16(14-9-5-2-6-10-14)17(24)18(26)25-15(12-28-19(25)27)11-13-7-3-1-4-8-13;/h1-10,15-17H,11-12,24H2;1H/t15-,16?,17?;/m0./s1. The Morgan fingerprint density at radius 1 is 1.10 bits per heavy atom. The number of nitrogens with two attached hydrogens (primary N) is 1. The molecule has 0 aliphatic carbocycles. The normalized spacial score (nSPS) is 18.6. The van der Waals surface area contributed by atoms with Crippen LogP contribution in [0.5, 0.6) is 0 Å². The Kier molecular flexibility index (Phi) is 7.26. The van der Waals surface area contributed by atoms with Gasteiger partial charge in [-0.05, 0) is 17.5 Å². The van der Waals surface area contributed by atoms with E-state index >= 15 is 0 Å². The van der Waals surface area contributed by atoms with E-state index in [4.69, 9.17) is 10.5 Å². The summed E-state index contributed by atoms with van der Waals surface area (Å²) < 4.78 is 46.0. The maximum Gasteiger partial charge on any atom is 0.417 e. The Hall–Kier alpha value is -2.58. The van der Waals surface area contributed by atoms with Gasteiger partial charge in [0.25, 0.3) is 0 Å². The van der Waals surface area contributed by atoms with Crippen LogP contribution in [0.1, 0.15) is 17.0 Å². The van der Waals surface area contributed by atoms with Gasteiger partial charge in [-0.15, -0.1) is 12.4 Å². The number of hydrogen-bond acceptors (Lipinski definition) is 4. The molecule has 3 atom stereocenters. The molecule has 29 heavy (non-hydrogen) atoms. The van der Waals surface area contributed by atoms with Gasteiger partial charge in [-0.2, -0.15) is 13.2 Å². The van der Waals surface area contributed by atoms with Crippen LogP contribution in [0.3, 0.4) is 0 Å². The predicted molar refractivity (Wildman–Crippen MR) is 103 cm³/mol. The summed E-state index contributed by atoms with van der Waals surface area (Å²) in [6, 6.07) is 13.3. The van der Waals surface area contributed by atoms with Crippen LogP contribution in [0.4, 0.5) is 18.0 Å². The maximum absolute atomic E-state index is 13.7. The lowest BCUT2D eigenvalue weighted by atomic mass is 9.90. The molecule has 3 rings (SSSR count). The van der Waals surface area contributed by atoms with Gasteiger partial charge in [-0.3, -0.25) is 4.79 Å². The van der Waals surface area contributed by atoms with Gasteiger partial charge in [-0.25, -0.2) is 9.69 Å². The topological polar surface area (TPSA) is 72.6 Å². The zero-order valence-corrected chi connectivity index (χ0v) is 16.0. The molecule has 2 aromatic rings. The number of rotatable bonds is 5. The summed E-state index contributed by atoms with van der Waals surface area (Å²) in [5.74, 6) is -3.33. The summed E-state index contributed by atoms with van der Waals surface area (Å²) in [6.07, 6.45) is -5.46. The number of halogens is 4. The van der Waals surface area contributed by atoms with Gasteiger partial charge in [-0.1, -0.05) is 60.7 Å². The summed E-state index contributed by atoms with van der Waals surface area (Å²) in [5, 5.41) is 0. The molecule has 0 bridgehead atoms. The highest BCUT2D eigenvalue weighted by Gasteiger charge is 2.50. The Balaban J connectivity index is 0.00000300. The number of amides is 2. The highest BCUT2D eigenvalue weighted by atomic mass is 35.5. The Morgan fingerprint density at radius 3 is 2.21 bits per heavy atom. The largest absolute Gasteiger partial charge is 0.447 e. The van der Waals surface area contributed by atoms with Crippen LogP contribution < -0.4 is 5.73 Å². The number of ether oxygens (including phenoxy) is 1. The van der Waals surface area contributed by atoms with E-state index in [0.29, 0.717) is 0 Å². The van der Waals surface area contributed by atoms with Gasteiger partial charge >= 0.3 is 12.3 Å². The molecule has 1 aliphatic heterocycles. The molecular formula is C20H20ClF3N2O3. The van der Waals surface area contributed by atoms with Crippen LogP contribution in [0.15, 0.2) is 60.7 Å². The van der Waals surface area contributed by atoms with E-state index in [1.807, 2.05) is 6.07 Å². The fraction of sp³-hybridized carbons (Fsp3) is 0.300. The highest BCUT2D eigenvalue weighted by Crippen LogP contribution is 2.37. The average Bonchev–Trinajstić information content (AvgIpc) is 3.02. The monoisotopic (exact) mass is 428 g/mol. The van der Waals surface area contributed by atoms with Crippen molar-refractivity contribution < 1.29 is 27.5 Å². The fourth-order valence-corrected chi connectivity index (χ4v) is 3.33. The summed E-state index contributed by atoms with van der Waals surface area (Å²) in [5.41, 5.74) is 6.45. The number of hydrogen-bond donors (Lipinski definition) is 1. The van der Waals surface area contributed by atoms with Crippen molar-refractivity contribution in [3.05, 3.63) is 71.8 Å². The van der Waals surface area contributed by atoms with Crippen molar-refractivity contribution in [1.29, 1.82) is 0 Å². The van der Waals surface area contributed by atoms with E-state index in [1.165, 1.54) is 24.3 Å². The number of benzene rings is 2. The smallest absolute Gasteiger partial charge is 0.417 e. The summed E-state index contributed by atoms with van der Waals surface area (Å²) >= 11 is 0. The molecule has 156 valence electrons. The van der Waals surface area contributed by atoms with Crippen LogP contribution in [0.25, 0.3) is 0 Å². The second kappa shape index (κ2) is 9.28. The van der Waals surface area contributed by atoms with Crippen LogP contribution >= 0.6 is 12.4 Å². The number of carbonyl (C=O) groups is 2. The lowest BCUT2D eigenvalue weighted by Crippen LogP contribution is -2.53. The first-order chi connectivity index (χ1) is 13.3. The first-order valence-electron chi connectivity index (χ1n) is 8.70. The number of alkyl halides is 3. The zero-order chi connectivity index (χ0) is 20.3. The third-order valence-corrected chi connectivity index (χ3v) is 4.67. The van der Waals surface area contributed by atoms with Gasteiger partial charge in [0.1, 0.15) is 18.6 Å². The van der Waals surface area contributed by atoms with E-state index in [2.05, 4.69) is 0 Å². The zero-order valence-electron chi connectivity index (χ0n) is 15.2. The minimum Gasteiger partial charge on any atom is -0.447 e. The lowest BCUT2D eigenvalue weighted by Gasteiger charge is -2.29. The van der Waals surface area contributed by atoms with E-state index < -0.39 is 36.2 Å². The maximum atomic E-state index is 13.7. The van der Waals surface area contributed by atoms with Crippen molar-refractivity contribution in [3.8, 4) is 0 Å². The van der Waals surface area contributed by atoms with Crippen molar-refractivity contribution in [1.82, 2.24) is 4.90 Å². The van der Waals surface area contributed by atoms with Gasteiger partial charge in [0.2, 0.25) is 5.91 Å². The molecule has 5 nitrogen and oxygen atoms in total. The van der Waals surface area contributed by atoms with E-state index in [9.17, 15) is 22.8 Å². The van der Waals surface area contributed by atoms with E-state index in [0.717, 1.165) is 10.5 Å². The Morgan fingerprint density at radius 2 is 1.66 bits per heavy atom. The van der Waals surface area contributed by atoms with Crippen molar-refractivity contribution in [2.24, 2.45) is 5.73 Å². The molecule has 2 unspecified atom stereocenters. The molecule has 2 aromatic carbocycles. The minimum atomic E-state index is -4.75. The summed E-state index contributed by atoms with van der Waals surface area (Å²) in [4.78, 5) is 25.6. The number of imide groups is 1. The molecule has 1 heterocycles. The molecule has 0 saturated carbocycles. The molecule has 0 spiro atoms. The number of cyclic esters (lactones) is 1. The third kappa shape index (κ3) is 5.07. The molecule has 1 saturated heterocycles. The molecule has 2 N–H and O–H groups in total. The Labute approximate surface area is 172 Å². The van der Waals surface area contributed by atoms with Gasteiger partial charge in [0.05, 0.1) is 6.04 Å². The Bertz CT molecular complexity index is 834. The molecule has 1 aliphatic rings. The highest BCUT2D eigenvalue weighted by molar-refractivity contribution is 5.97. The van der Waals surface area contributed by atoms with Gasteiger partial charge < -0.3 is 10.5 Å². The van der Waals surface area contributed by atoms with Gasteiger partial charge in [0, 0.05) is 0 Å². The van der Waals surface area contributed by atoms with Crippen LogP contribution in [0, 0.1) is 0 Å². The summed E-state index contributed by atoms with van der Waals surface area (Å²) in [6.45, 7) is -0.0891.